The molecule has 0 spiro atoms. The zero-order valence-corrected chi connectivity index (χ0v) is 16.8. The zero-order chi connectivity index (χ0) is 19.5. The first-order valence-electron chi connectivity index (χ1n) is 9.27. The van der Waals surface area contributed by atoms with Gasteiger partial charge in [-0.05, 0) is 30.3 Å². The SMILES string of the molecule is COc1cc(Cl)c(C2N(c3ccccc3)CCN2c2ccccc2)cc1OC. The third kappa shape index (κ3) is 3.36. The van der Waals surface area contributed by atoms with Crippen LogP contribution in [0.25, 0.3) is 0 Å². The van der Waals surface area contributed by atoms with E-state index < -0.39 is 0 Å². The van der Waals surface area contributed by atoms with E-state index in [0.29, 0.717) is 16.5 Å². The number of ether oxygens (including phenoxy) is 2. The van der Waals surface area contributed by atoms with Crippen molar-refractivity contribution >= 4 is 23.0 Å². The standard InChI is InChI=1S/C23H23ClN2O2/c1-27-21-15-19(20(24)16-22(21)28-2)23-25(17-9-5-3-6-10-17)13-14-26(23)18-11-7-4-8-12-18/h3-12,15-16,23H,13-14H2,1-2H3. The summed E-state index contributed by atoms with van der Waals surface area (Å²) in [6, 6.07) is 24.7. The van der Waals surface area contributed by atoms with Gasteiger partial charge >= 0.3 is 0 Å². The van der Waals surface area contributed by atoms with E-state index in [1.807, 2.05) is 24.3 Å². The van der Waals surface area contributed by atoms with Crippen molar-refractivity contribution in [2.75, 3.05) is 37.1 Å². The molecule has 0 amide bonds. The number of hydrogen-bond acceptors (Lipinski definition) is 4. The molecule has 0 radical (unpaired) electrons. The van der Waals surface area contributed by atoms with Crippen LogP contribution < -0.4 is 19.3 Å². The molecule has 1 heterocycles. The van der Waals surface area contributed by atoms with Crippen molar-refractivity contribution in [2.24, 2.45) is 0 Å². The van der Waals surface area contributed by atoms with E-state index in [-0.39, 0.29) is 6.17 Å². The van der Waals surface area contributed by atoms with E-state index in [2.05, 4.69) is 58.3 Å². The highest BCUT2D eigenvalue weighted by molar-refractivity contribution is 6.31. The van der Waals surface area contributed by atoms with Crippen molar-refractivity contribution in [1.82, 2.24) is 0 Å². The van der Waals surface area contributed by atoms with Gasteiger partial charge in [0.05, 0.1) is 19.2 Å². The summed E-state index contributed by atoms with van der Waals surface area (Å²) in [5.41, 5.74) is 3.32. The number of para-hydroxylation sites is 2. The Balaban J connectivity index is 1.84. The van der Waals surface area contributed by atoms with Crippen molar-refractivity contribution in [2.45, 2.75) is 6.17 Å². The quantitative estimate of drug-likeness (QED) is 0.579. The van der Waals surface area contributed by atoms with Gasteiger partial charge in [0.25, 0.3) is 0 Å². The molecule has 3 aromatic rings. The lowest BCUT2D eigenvalue weighted by Crippen LogP contribution is -2.31. The van der Waals surface area contributed by atoms with Crippen LogP contribution in [0.5, 0.6) is 11.5 Å². The highest BCUT2D eigenvalue weighted by atomic mass is 35.5. The van der Waals surface area contributed by atoms with Crippen LogP contribution in [-0.2, 0) is 0 Å². The topological polar surface area (TPSA) is 24.9 Å². The van der Waals surface area contributed by atoms with Crippen LogP contribution in [0.2, 0.25) is 5.02 Å². The summed E-state index contributed by atoms with van der Waals surface area (Å²) in [6.45, 7) is 1.79. The van der Waals surface area contributed by atoms with Crippen molar-refractivity contribution in [1.29, 1.82) is 0 Å². The number of halogens is 1. The van der Waals surface area contributed by atoms with Gasteiger partial charge in [-0.3, -0.25) is 0 Å². The van der Waals surface area contributed by atoms with E-state index in [1.165, 1.54) is 0 Å². The summed E-state index contributed by atoms with van der Waals surface area (Å²) in [4.78, 5) is 4.75. The maximum atomic E-state index is 6.73. The fourth-order valence-corrected chi connectivity index (χ4v) is 4.06. The molecule has 144 valence electrons. The van der Waals surface area contributed by atoms with Crippen molar-refractivity contribution in [3.63, 3.8) is 0 Å². The maximum absolute atomic E-state index is 6.73. The molecule has 1 saturated heterocycles. The minimum atomic E-state index is -0.0443. The van der Waals surface area contributed by atoms with Crippen LogP contribution in [0.15, 0.2) is 72.8 Å². The Morgan fingerprint density at radius 3 is 1.68 bits per heavy atom. The Morgan fingerprint density at radius 1 is 0.750 bits per heavy atom. The molecule has 3 aromatic carbocycles. The molecule has 0 N–H and O–H groups in total. The monoisotopic (exact) mass is 394 g/mol. The normalized spacial score (nSPS) is 14.4. The number of benzene rings is 3. The van der Waals surface area contributed by atoms with E-state index in [4.69, 9.17) is 21.1 Å². The van der Waals surface area contributed by atoms with Crippen LogP contribution >= 0.6 is 11.6 Å². The minimum absolute atomic E-state index is 0.0443. The Morgan fingerprint density at radius 2 is 1.21 bits per heavy atom. The Bertz CT molecular complexity index is 887. The molecule has 1 aliphatic heterocycles. The summed E-state index contributed by atoms with van der Waals surface area (Å²) in [5, 5.41) is 0.659. The molecular weight excluding hydrogens is 372 g/mol. The highest BCUT2D eigenvalue weighted by Crippen LogP contribution is 2.43. The van der Waals surface area contributed by atoms with E-state index in [9.17, 15) is 0 Å². The van der Waals surface area contributed by atoms with Crippen molar-refractivity contribution in [3.05, 3.63) is 83.4 Å². The Hall–Kier alpha value is -2.85. The van der Waals surface area contributed by atoms with Gasteiger partial charge in [0.2, 0.25) is 0 Å². The summed E-state index contributed by atoms with van der Waals surface area (Å²) >= 11 is 6.73. The summed E-state index contributed by atoms with van der Waals surface area (Å²) in [6.07, 6.45) is -0.0443. The zero-order valence-electron chi connectivity index (χ0n) is 16.0. The third-order valence-electron chi connectivity index (χ3n) is 5.13. The predicted molar refractivity (Wildman–Crippen MR) is 115 cm³/mol. The number of nitrogens with zero attached hydrogens (tertiary/aromatic N) is 2. The number of rotatable bonds is 5. The van der Waals surface area contributed by atoms with Crippen LogP contribution in [0.1, 0.15) is 11.7 Å². The molecular formula is C23H23ClN2O2. The molecule has 0 atom stereocenters. The minimum Gasteiger partial charge on any atom is -0.493 e. The molecule has 28 heavy (non-hydrogen) atoms. The molecule has 1 aliphatic rings. The molecule has 0 bridgehead atoms. The Kier molecular flexibility index (Phi) is 5.31. The molecule has 0 aliphatic carbocycles. The van der Waals surface area contributed by atoms with E-state index in [1.54, 1.807) is 14.2 Å². The number of hydrogen-bond donors (Lipinski definition) is 0. The van der Waals surface area contributed by atoms with Gasteiger partial charge in [-0.25, -0.2) is 0 Å². The fourth-order valence-electron chi connectivity index (χ4n) is 3.81. The van der Waals surface area contributed by atoms with Gasteiger partial charge in [-0.2, -0.15) is 0 Å². The second kappa shape index (κ2) is 8.03. The first kappa shape index (κ1) is 18.5. The highest BCUT2D eigenvalue weighted by Gasteiger charge is 2.35. The molecule has 5 heteroatoms. The lowest BCUT2D eigenvalue weighted by molar-refractivity contribution is 0.354. The van der Waals surface area contributed by atoms with Gasteiger partial charge < -0.3 is 19.3 Å². The average molecular weight is 395 g/mol. The van der Waals surface area contributed by atoms with Gasteiger partial charge in [0.1, 0.15) is 6.17 Å². The largest absolute Gasteiger partial charge is 0.493 e. The van der Waals surface area contributed by atoms with E-state index >= 15 is 0 Å². The lowest BCUT2D eigenvalue weighted by Gasteiger charge is -2.34. The molecule has 0 unspecified atom stereocenters. The average Bonchev–Trinajstić information content (AvgIpc) is 3.19. The second-order valence-electron chi connectivity index (χ2n) is 6.66. The van der Waals surface area contributed by atoms with Crippen LogP contribution in [0.4, 0.5) is 11.4 Å². The first-order valence-corrected chi connectivity index (χ1v) is 9.65. The predicted octanol–water partition coefficient (Wildman–Crippen LogP) is 5.38. The third-order valence-corrected chi connectivity index (χ3v) is 5.46. The van der Waals surface area contributed by atoms with Gasteiger partial charge in [0, 0.05) is 36.1 Å². The summed E-state index contributed by atoms with van der Waals surface area (Å²) < 4.78 is 11.0. The summed E-state index contributed by atoms with van der Waals surface area (Å²) in [5.74, 6) is 1.31. The summed E-state index contributed by atoms with van der Waals surface area (Å²) in [7, 11) is 3.27. The van der Waals surface area contributed by atoms with Crippen LogP contribution in [0, 0.1) is 0 Å². The van der Waals surface area contributed by atoms with Crippen LogP contribution in [0.3, 0.4) is 0 Å². The van der Waals surface area contributed by atoms with Gasteiger partial charge in [-0.15, -0.1) is 0 Å². The van der Waals surface area contributed by atoms with E-state index in [0.717, 1.165) is 30.0 Å². The Labute approximate surface area is 170 Å². The first-order chi connectivity index (χ1) is 13.7. The maximum Gasteiger partial charge on any atom is 0.162 e. The van der Waals surface area contributed by atoms with Crippen molar-refractivity contribution in [3.8, 4) is 11.5 Å². The van der Waals surface area contributed by atoms with Crippen LogP contribution in [-0.4, -0.2) is 27.3 Å². The lowest BCUT2D eigenvalue weighted by atomic mass is 10.1. The van der Waals surface area contributed by atoms with Crippen molar-refractivity contribution < 1.29 is 9.47 Å². The molecule has 4 rings (SSSR count). The fraction of sp³-hybridized carbons (Fsp3) is 0.217. The second-order valence-corrected chi connectivity index (χ2v) is 7.07. The number of methoxy groups -OCH3 is 2. The number of anilines is 2. The smallest absolute Gasteiger partial charge is 0.162 e. The van der Waals surface area contributed by atoms with Gasteiger partial charge in [0.15, 0.2) is 11.5 Å². The molecule has 4 nitrogen and oxygen atoms in total. The van der Waals surface area contributed by atoms with Gasteiger partial charge in [-0.1, -0.05) is 48.0 Å². The molecule has 0 aromatic heterocycles. The molecule has 1 fully saturated rings. The molecule has 0 saturated carbocycles.